The molecule has 5 nitrogen and oxygen atoms in total. The lowest BCUT2D eigenvalue weighted by atomic mass is 10.1. The number of rotatable bonds is 5. The van der Waals surface area contributed by atoms with Crippen molar-refractivity contribution in [1.29, 1.82) is 0 Å². The van der Waals surface area contributed by atoms with E-state index in [4.69, 9.17) is 9.15 Å². The molecule has 5 heteroatoms. The van der Waals surface area contributed by atoms with Crippen LogP contribution in [0, 0.1) is 0 Å². The number of hydrogen-bond donors (Lipinski definition) is 1. The Bertz CT molecular complexity index is 706. The molecular formula is C16H17N3O2. The highest BCUT2D eigenvalue weighted by Crippen LogP contribution is 2.25. The van der Waals surface area contributed by atoms with E-state index >= 15 is 0 Å². The third-order valence-electron chi connectivity index (χ3n) is 3.46. The third kappa shape index (κ3) is 2.87. The molecule has 0 amide bonds. The van der Waals surface area contributed by atoms with E-state index in [-0.39, 0.29) is 6.04 Å². The van der Waals surface area contributed by atoms with Crippen LogP contribution in [0.1, 0.15) is 17.5 Å². The second kappa shape index (κ2) is 5.93. The van der Waals surface area contributed by atoms with Crippen LogP contribution in [-0.4, -0.2) is 24.1 Å². The lowest BCUT2D eigenvalue weighted by Gasteiger charge is -2.13. The first-order valence-corrected chi connectivity index (χ1v) is 6.81. The fraction of sp³-hybridized carbons (Fsp3) is 0.250. The molecule has 3 rings (SSSR count). The highest BCUT2D eigenvalue weighted by Gasteiger charge is 2.16. The third-order valence-corrected chi connectivity index (χ3v) is 3.46. The first kappa shape index (κ1) is 13.6. The fourth-order valence-corrected chi connectivity index (χ4v) is 2.33. The minimum Gasteiger partial charge on any atom is -0.481 e. The van der Waals surface area contributed by atoms with Crippen molar-refractivity contribution in [3.8, 4) is 5.88 Å². The average Bonchev–Trinajstić information content (AvgIpc) is 2.96. The molecule has 0 aliphatic heterocycles. The van der Waals surface area contributed by atoms with E-state index < -0.39 is 0 Å². The van der Waals surface area contributed by atoms with Gasteiger partial charge in [0.05, 0.1) is 13.2 Å². The Morgan fingerprint density at radius 2 is 2.10 bits per heavy atom. The average molecular weight is 283 g/mol. The number of para-hydroxylation sites is 1. The molecule has 1 aromatic carbocycles. The van der Waals surface area contributed by atoms with E-state index in [0.29, 0.717) is 12.3 Å². The van der Waals surface area contributed by atoms with E-state index in [1.165, 1.54) is 6.33 Å². The molecule has 0 saturated heterocycles. The smallest absolute Gasteiger partial charge is 0.216 e. The molecule has 0 radical (unpaired) electrons. The fourth-order valence-electron chi connectivity index (χ4n) is 2.33. The van der Waals surface area contributed by atoms with Crippen LogP contribution in [0.15, 0.2) is 47.1 Å². The van der Waals surface area contributed by atoms with Crippen LogP contribution >= 0.6 is 0 Å². The van der Waals surface area contributed by atoms with Crippen molar-refractivity contribution in [2.45, 2.75) is 12.5 Å². The Balaban J connectivity index is 1.87. The van der Waals surface area contributed by atoms with Gasteiger partial charge >= 0.3 is 0 Å². The summed E-state index contributed by atoms with van der Waals surface area (Å²) in [5, 5.41) is 4.37. The second-order valence-corrected chi connectivity index (χ2v) is 4.78. The summed E-state index contributed by atoms with van der Waals surface area (Å²) in [4.78, 5) is 8.30. The van der Waals surface area contributed by atoms with Gasteiger partial charge < -0.3 is 14.5 Å². The van der Waals surface area contributed by atoms with Crippen LogP contribution in [0.25, 0.3) is 11.0 Å². The van der Waals surface area contributed by atoms with Crippen molar-refractivity contribution in [3.63, 3.8) is 0 Å². The topological polar surface area (TPSA) is 60.2 Å². The summed E-state index contributed by atoms with van der Waals surface area (Å²) in [5.41, 5.74) is 1.80. The van der Waals surface area contributed by atoms with Crippen molar-refractivity contribution in [3.05, 3.63) is 54.2 Å². The highest BCUT2D eigenvalue weighted by molar-refractivity contribution is 5.77. The van der Waals surface area contributed by atoms with Gasteiger partial charge in [-0.25, -0.2) is 9.97 Å². The summed E-state index contributed by atoms with van der Waals surface area (Å²) in [6.07, 6.45) is 2.22. The number of ether oxygens (including phenoxy) is 1. The summed E-state index contributed by atoms with van der Waals surface area (Å²) in [6.45, 7) is 0. The van der Waals surface area contributed by atoms with E-state index in [1.54, 1.807) is 7.11 Å². The van der Waals surface area contributed by atoms with Gasteiger partial charge in [0.1, 0.15) is 17.7 Å². The van der Waals surface area contributed by atoms with Crippen LogP contribution in [0.2, 0.25) is 0 Å². The molecule has 2 heterocycles. The van der Waals surface area contributed by atoms with Gasteiger partial charge in [0.15, 0.2) is 0 Å². The summed E-state index contributed by atoms with van der Waals surface area (Å²) >= 11 is 0. The Morgan fingerprint density at radius 1 is 1.24 bits per heavy atom. The van der Waals surface area contributed by atoms with Crippen LogP contribution < -0.4 is 10.1 Å². The van der Waals surface area contributed by atoms with Gasteiger partial charge in [0.2, 0.25) is 5.88 Å². The maximum absolute atomic E-state index is 5.91. The molecule has 108 valence electrons. The Labute approximate surface area is 123 Å². The van der Waals surface area contributed by atoms with Crippen LogP contribution in [0.3, 0.4) is 0 Å². The SMILES string of the molecule is CNC(Cc1cc(OC)ncn1)c1cc2ccccc2o1. The lowest BCUT2D eigenvalue weighted by Crippen LogP contribution is -2.18. The maximum Gasteiger partial charge on any atom is 0.216 e. The molecule has 0 aliphatic rings. The van der Waals surface area contributed by atoms with Gasteiger partial charge in [-0.1, -0.05) is 18.2 Å². The molecule has 1 atom stereocenters. The van der Waals surface area contributed by atoms with Gasteiger partial charge in [0.25, 0.3) is 0 Å². The number of aromatic nitrogens is 2. The van der Waals surface area contributed by atoms with Gasteiger partial charge in [-0.2, -0.15) is 0 Å². The summed E-state index contributed by atoms with van der Waals surface area (Å²) in [7, 11) is 3.51. The molecule has 0 aliphatic carbocycles. The van der Waals surface area contributed by atoms with E-state index in [0.717, 1.165) is 22.4 Å². The number of benzene rings is 1. The van der Waals surface area contributed by atoms with Gasteiger partial charge in [-0.05, 0) is 19.2 Å². The minimum atomic E-state index is 0.0528. The molecule has 0 saturated carbocycles. The first-order valence-electron chi connectivity index (χ1n) is 6.81. The zero-order chi connectivity index (χ0) is 14.7. The number of furan rings is 1. The largest absolute Gasteiger partial charge is 0.481 e. The van der Waals surface area contributed by atoms with Gasteiger partial charge in [-0.15, -0.1) is 0 Å². The van der Waals surface area contributed by atoms with Crippen molar-refractivity contribution < 1.29 is 9.15 Å². The van der Waals surface area contributed by atoms with Crippen molar-refractivity contribution in [2.75, 3.05) is 14.2 Å². The molecule has 2 aromatic heterocycles. The number of likely N-dealkylation sites (N-methyl/N-ethyl adjacent to an activating group) is 1. The van der Waals surface area contributed by atoms with Gasteiger partial charge in [0, 0.05) is 23.6 Å². The zero-order valence-electron chi connectivity index (χ0n) is 12.0. The number of fused-ring (bicyclic) bond motifs is 1. The Morgan fingerprint density at radius 3 is 2.86 bits per heavy atom. The summed E-state index contributed by atoms with van der Waals surface area (Å²) in [5.74, 6) is 1.47. The Hall–Kier alpha value is -2.40. The highest BCUT2D eigenvalue weighted by atomic mass is 16.5. The summed E-state index contributed by atoms with van der Waals surface area (Å²) < 4.78 is 11.0. The van der Waals surface area contributed by atoms with Crippen LogP contribution in [0.5, 0.6) is 5.88 Å². The molecular weight excluding hydrogens is 266 g/mol. The predicted octanol–water partition coefficient (Wildman–Crippen LogP) is 2.73. The van der Waals surface area contributed by atoms with Crippen molar-refractivity contribution in [2.24, 2.45) is 0 Å². The monoisotopic (exact) mass is 283 g/mol. The zero-order valence-corrected chi connectivity index (χ0v) is 12.0. The standard InChI is InChI=1S/C16H17N3O2/c1-17-13(8-12-9-16(20-2)19-10-18-12)15-7-11-5-3-4-6-14(11)21-15/h3-7,9-10,13,17H,8H2,1-2H3. The Kier molecular flexibility index (Phi) is 3.83. The molecule has 0 fully saturated rings. The minimum absolute atomic E-state index is 0.0528. The second-order valence-electron chi connectivity index (χ2n) is 4.78. The van der Waals surface area contributed by atoms with E-state index in [9.17, 15) is 0 Å². The molecule has 0 spiro atoms. The van der Waals surface area contributed by atoms with E-state index in [1.807, 2.05) is 37.4 Å². The van der Waals surface area contributed by atoms with Gasteiger partial charge in [-0.3, -0.25) is 0 Å². The normalized spacial score (nSPS) is 12.5. The number of methoxy groups -OCH3 is 1. The number of nitrogens with one attached hydrogen (secondary N) is 1. The molecule has 21 heavy (non-hydrogen) atoms. The molecule has 1 N–H and O–H groups in total. The number of hydrogen-bond acceptors (Lipinski definition) is 5. The molecule has 0 bridgehead atoms. The van der Waals surface area contributed by atoms with Crippen LogP contribution in [0.4, 0.5) is 0 Å². The van der Waals surface area contributed by atoms with Crippen LogP contribution in [-0.2, 0) is 6.42 Å². The lowest BCUT2D eigenvalue weighted by molar-refractivity contribution is 0.394. The van der Waals surface area contributed by atoms with Crippen molar-refractivity contribution >= 4 is 11.0 Å². The predicted molar refractivity (Wildman–Crippen MR) is 80.3 cm³/mol. The first-order chi connectivity index (χ1) is 10.3. The van der Waals surface area contributed by atoms with E-state index in [2.05, 4.69) is 21.4 Å². The molecule has 3 aromatic rings. The van der Waals surface area contributed by atoms with Crippen molar-refractivity contribution in [1.82, 2.24) is 15.3 Å². The number of nitrogens with zero attached hydrogens (tertiary/aromatic N) is 2. The molecule has 1 unspecified atom stereocenters. The quantitative estimate of drug-likeness (QED) is 0.780. The summed E-state index contributed by atoms with van der Waals surface area (Å²) in [6, 6.07) is 12.0. The maximum atomic E-state index is 5.91.